The van der Waals surface area contributed by atoms with Crippen LogP contribution in [0.5, 0.6) is 0 Å². The van der Waals surface area contributed by atoms with E-state index in [9.17, 15) is 4.79 Å². The number of amides is 1. The Bertz CT molecular complexity index is 658. The van der Waals surface area contributed by atoms with Crippen molar-refractivity contribution in [2.24, 2.45) is 11.7 Å². The van der Waals surface area contributed by atoms with Crippen molar-refractivity contribution in [1.29, 1.82) is 0 Å². The molecule has 23 heavy (non-hydrogen) atoms. The molecule has 1 fully saturated rings. The zero-order valence-electron chi connectivity index (χ0n) is 13.3. The van der Waals surface area contributed by atoms with E-state index < -0.39 is 6.04 Å². The molecule has 3 rings (SSSR count). The van der Waals surface area contributed by atoms with Crippen LogP contribution < -0.4 is 5.73 Å². The molecule has 0 bridgehead atoms. The van der Waals surface area contributed by atoms with E-state index in [2.05, 4.69) is 11.1 Å². The minimum atomic E-state index is -0.486. The standard InChI is InChI=1S/C17H23N3O2.ClH/c1-22-11-12-6-7-20(10-12)17(21)15(18)8-13-9-19-16-5-3-2-4-14(13)16;/h2-5,9,12,15,19H,6-8,10-11,18H2,1H3;1H/t12?,15-;/m0./s1. The Hall–Kier alpha value is -1.56. The number of hydrogen-bond donors (Lipinski definition) is 2. The minimum absolute atomic E-state index is 0. The summed E-state index contributed by atoms with van der Waals surface area (Å²) < 4.78 is 5.17. The van der Waals surface area contributed by atoms with Gasteiger partial charge in [-0.25, -0.2) is 0 Å². The van der Waals surface area contributed by atoms with E-state index in [-0.39, 0.29) is 18.3 Å². The number of methoxy groups -OCH3 is 1. The molecule has 0 spiro atoms. The third-order valence-electron chi connectivity index (χ3n) is 4.43. The van der Waals surface area contributed by atoms with Crippen LogP contribution in [-0.4, -0.2) is 48.6 Å². The second-order valence-corrected chi connectivity index (χ2v) is 6.06. The average molecular weight is 338 g/mol. The number of nitrogens with one attached hydrogen (secondary N) is 1. The average Bonchev–Trinajstić information content (AvgIpc) is 3.15. The van der Waals surface area contributed by atoms with Crippen LogP contribution in [0.2, 0.25) is 0 Å². The summed E-state index contributed by atoms with van der Waals surface area (Å²) in [5.74, 6) is 0.484. The number of benzene rings is 1. The van der Waals surface area contributed by atoms with Gasteiger partial charge in [-0.2, -0.15) is 0 Å². The van der Waals surface area contributed by atoms with Crippen molar-refractivity contribution < 1.29 is 9.53 Å². The molecule has 6 heteroatoms. The Morgan fingerprint density at radius 1 is 1.48 bits per heavy atom. The fourth-order valence-electron chi connectivity index (χ4n) is 3.26. The SMILES string of the molecule is COCC1CCN(C(=O)[C@@H](N)Cc2c[nH]c3ccccc23)C1.Cl. The minimum Gasteiger partial charge on any atom is -0.384 e. The number of ether oxygens (including phenoxy) is 1. The maximum Gasteiger partial charge on any atom is 0.239 e. The molecule has 126 valence electrons. The predicted octanol–water partition coefficient (Wildman–Crippen LogP) is 1.95. The molecule has 1 aromatic carbocycles. The number of aromatic nitrogens is 1. The molecule has 1 aliphatic heterocycles. The quantitative estimate of drug-likeness (QED) is 0.876. The summed E-state index contributed by atoms with van der Waals surface area (Å²) in [7, 11) is 1.70. The van der Waals surface area contributed by atoms with Gasteiger partial charge >= 0.3 is 0 Å². The maximum absolute atomic E-state index is 12.5. The number of nitrogens with two attached hydrogens (primary N) is 1. The molecule has 2 aromatic rings. The lowest BCUT2D eigenvalue weighted by Crippen LogP contribution is -2.44. The number of H-pyrrole nitrogens is 1. The third-order valence-corrected chi connectivity index (χ3v) is 4.43. The van der Waals surface area contributed by atoms with Gasteiger partial charge in [0.1, 0.15) is 0 Å². The van der Waals surface area contributed by atoms with E-state index in [4.69, 9.17) is 10.5 Å². The monoisotopic (exact) mass is 337 g/mol. The molecule has 1 aromatic heterocycles. The summed E-state index contributed by atoms with van der Waals surface area (Å²) >= 11 is 0. The summed E-state index contributed by atoms with van der Waals surface area (Å²) in [4.78, 5) is 17.6. The molecule has 0 aliphatic carbocycles. The first-order valence-electron chi connectivity index (χ1n) is 7.77. The highest BCUT2D eigenvalue weighted by Crippen LogP contribution is 2.21. The topological polar surface area (TPSA) is 71.3 Å². The van der Waals surface area contributed by atoms with Gasteiger partial charge in [0.15, 0.2) is 0 Å². The number of fused-ring (bicyclic) bond motifs is 1. The lowest BCUT2D eigenvalue weighted by atomic mass is 10.0. The summed E-state index contributed by atoms with van der Waals surface area (Å²) in [6.45, 7) is 2.25. The second kappa shape index (κ2) is 7.81. The van der Waals surface area contributed by atoms with Gasteiger partial charge in [-0.05, 0) is 24.5 Å². The number of likely N-dealkylation sites (tertiary alicyclic amines) is 1. The summed E-state index contributed by atoms with van der Waals surface area (Å²) in [5.41, 5.74) is 8.35. The third kappa shape index (κ3) is 3.86. The molecule has 2 atom stereocenters. The first kappa shape index (κ1) is 17.8. The van der Waals surface area contributed by atoms with E-state index in [1.165, 1.54) is 0 Å². The van der Waals surface area contributed by atoms with E-state index in [1.54, 1.807) is 7.11 Å². The summed E-state index contributed by atoms with van der Waals surface area (Å²) in [5, 5.41) is 1.14. The molecular formula is C17H24ClN3O2. The number of rotatable bonds is 5. The van der Waals surface area contributed by atoms with Crippen LogP contribution in [0.15, 0.2) is 30.5 Å². The van der Waals surface area contributed by atoms with Crippen molar-refractivity contribution >= 4 is 29.2 Å². The van der Waals surface area contributed by atoms with Crippen LogP contribution in [-0.2, 0) is 16.0 Å². The Morgan fingerprint density at radius 3 is 3.04 bits per heavy atom. The normalized spacial score (nSPS) is 18.9. The summed E-state index contributed by atoms with van der Waals surface area (Å²) in [6.07, 6.45) is 3.52. The fraction of sp³-hybridized carbons (Fsp3) is 0.471. The molecule has 1 aliphatic rings. The molecule has 3 N–H and O–H groups in total. The van der Waals surface area contributed by atoms with Gasteiger partial charge in [0.05, 0.1) is 12.6 Å². The zero-order chi connectivity index (χ0) is 15.5. The lowest BCUT2D eigenvalue weighted by molar-refractivity contribution is -0.131. The van der Waals surface area contributed by atoms with Crippen LogP contribution in [0.25, 0.3) is 10.9 Å². The number of nitrogens with zero attached hydrogens (tertiary/aromatic N) is 1. The summed E-state index contributed by atoms with van der Waals surface area (Å²) in [6, 6.07) is 7.60. The van der Waals surface area contributed by atoms with E-state index in [1.807, 2.05) is 29.3 Å². The number of para-hydroxylation sites is 1. The molecule has 5 nitrogen and oxygen atoms in total. The molecule has 0 radical (unpaired) electrons. The molecule has 2 heterocycles. The van der Waals surface area contributed by atoms with Crippen molar-refractivity contribution in [1.82, 2.24) is 9.88 Å². The van der Waals surface area contributed by atoms with Crippen molar-refractivity contribution in [3.05, 3.63) is 36.0 Å². The van der Waals surface area contributed by atoms with Crippen LogP contribution in [0.3, 0.4) is 0 Å². The Kier molecular flexibility index (Phi) is 6.04. The first-order valence-corrected chi connectivity index (χ1v) is 7.77. The Morgan fingerprint density at radius 2 is 2.26 bits per heavy atom. The second-order valence-electron chi connectivity index (χ2n) is 6.06. The lowest BCUT2D eigenvalue weighted by Gasteiger charge is -2.20. The molecule has 1 amide bonds. The number of carbonyl (C=O) groups is 1. The zero-order valence-corrected chi connectivity index (χ0v) is 14.1. The van der Waals surface area contributed by atoms with Gasteiger partial charge < -0.3 is 20.4 Å². The van der Waals surface area contributed by atoms with Gasteiger partial charge in [-0.1, -0.05) is 18.2 Å². The molecule has 1 saturated heterocycles. The first-order chi connectivity index (χ1) is 10.7. The van der Waals surface area contributed by atoms with Crippen molar-refractivity contribution in [3.8, 4) is 0 Å². The van der Waals surface area contributed by atoms with E-state index in [0.29, 0.717) is 18.9 Å². The Labute approximate surface area is 142 Å². The van der Waals surface area contributed by atoms with Gasteiger partial charge in [0.25, 0.3) is 0 Å². The maximum atomic E-state index is 12.5. The van der Waals surface area contributed by atoms with E-state index >= 15 is 0 Å². The number of carbonyl (C=O) groups excluding carboxylic acids is 1. The van der Waals surface area contributed by atoms with Crippen LogP contribution >= 0.6 is 12.4 Å². The van der Waals surface area contributed by atoms with Crippen LogP contribution in [0.4, 0.5) is 0 Å². The van der Waals surface area contributed by atoms with Crippen LogP contribution in [0.1, 0.15) is 12.0 Å². The molecule has 1 unspecified atom stereocenters. The van der Waals surface area contributed by atoms with Crippen LogP contribution in [0, 0.1) is 5.92 Å². The number of hydrogen-bond acceptors (Lipinski definition) is 3. The highest BCUT2D eigenvalue weighted by Gasteiger charge is 2.29. The van der Waals surface area contributed by atoms with Gasteiger partial charge in [-0.15, -0.1) is 12.4 Å². The Balaban J connectivity index is 0.00000192. The van der Waals surface area contributed by atoms with Gasteiger partial charge in [0.2, 0.25) is 5.91 Å². The number of aromatic amines is 1. The smallest absolute Gasteiger partial charge is 0.239 e. The van der Waals surface area contributed by atoms with Crippen molar-refractivity contribution in [3.63, 3.8) is 0 Å². The van der Waals surface area contributed by atoms with Crippen molar-refractivity contribution in [2.45, 2.75) is 18.9 Å². The van der Waals surface area contributed by atoms with Gasteiger partial charge in [0, 0.05) is 43.2 Å². The fourth-order valence-corrected chi connectivity index (χ4v) is 3.26. The predicted molar refractivity (Wildman–Crippen MR) is 93.8 cm³/mol. The highest BCUT2D eigenvalue weighted by molar-refractivity contribution is 5.86. The molecular weight excluding hydrogens is 314 g/mol. The van der Waals surface area contributed by atoms with E-state index in [0.717, 1.165) is 36.0 Å². The van der Waals surface area contributed by atoms with Gasteiger partial charge in [-0.3, -0.25) is 4.79 Å². The number of halogens is 1. The largest absolute Gasteiger partial charge is 0.384 e. The highest BCUT2D eigenvalue weighted by atomic mass is 35.5. The molecule has 0 saturated carbocycles. The van der Waals surface area contributed by atoms with Crippen molar-refractivity contribution in [2.75, 3.05) is 26.8 Å².